The third-order valence-corrected chi connectivity index (χ3v) is 6.33. The highest BCUT2D eigenvalue weighted by Gasteiger charge is 2.36. The SMILES string of the molecule is COc1cc(/C=C2/SC(=O)N(c3ccc(Cl)cc3)C2=O)cc(Cl)c1OCc1cccc([N+](=O)[O-])c1. The number of methoxy groups -OCH3 is 1. The Kier molecular flexibility index (Phi) is 7.30. The number of nitro groups is 1. The quantitative estimate of drug-likeness (QED) is 0.189. The average molecular weight is 531 g/mol. The molecule has 0 spiro atoms. The zero-order chi connectivity index (χ0) is 25.1. The number of anilines is 1. The van der Waals surface area contributed by atoms with Gasteiger partial charge in [-0.15, -0.1) is 0 Å². The molecule has 0 aromatic heterocycles. The van der Waals surface area contributed by atoms with Crippen LogP contribution in [-0.2, 0) is 11.4 Å². The summed E-state index contributed by atoms with van der Waals surface area (Å²) in [6, 6.07) is 15.6. The van der Waals surface area contributed by atoms with Gasteiger partial charge in [-0.05, 0) is 65.4 Å². The average Bonchev–Trinajstić information content (AvgIpc) is 3.11. The number of rotatable bonds is 7. The van der Waals surface area contributed by atoms with E-state index in [0.717, 1.165) is 16.7 Å². The number of hydrogen-bond donors (Lipinski definition) is 0. The van der Waals surface area contributed by atoms with Crippen molar-refractivity contribution in [3.63, 3.8) is 0 Å². The van der Waals surface area contributed by atoms with Crippen molar-refractivity contribution >= 4 is 63.6 Å². The molecule has 0 N–H and O–H groups in total. The number of hydrogen-bond acceptors (Lipinski definition) is 7. The second-order valence-electron chi connectivity index (χ2n) is 7.24. The van der Waals surface area contributed by atoms with Crippen LogP contribution in [0.4, 0.5) is 16.2 Å². The van der Waals surface area contributed by atoms with Crippen molar-refractivity contribution in [1.82, 2.24) is 0 Å². The van der Waals surface area contributed by atoms with E-state index < -0.39 is 16.1 Å². The second kappa shape index (κ2) is 10.4. The minimum Gasteiger partial charge on any atom is -0.493 e. The molecular formula is C24H16Cl2N2O6S. The summed E-state index contributed by atoms with van der Waals surface area (Å²) in [4.78, 5) is 37.2. The zero-order valence-corrected chi connectivity index (χ0v) is 20.4. The van der Waals surface area contributed by atoms with Gasteiger partial charge in [0.05, 0.1) is 27.6 Å². The van der Waals surface area contributed by atoms with Crippen LogP contribution in [0.25, 0.3) is 6.08 Å². The smallest absolute Gasteiger partial charge is 0.298 e. The Labute approximate surface area is 214 Å². The van der Waals surface area contributed by atoms with E-state index in [4.69, 9.17) is 32.7 Å². The Hall–Kier alpha value is -3.53. The van der Waals surface area contributed by atoms with E-state index in [1.54, 1.807) is 54.6 Å². The molecule has 0 bridgehead atoms. The predicted molar refractivity (Wildman–Crippen MR) is 135 cm³/mol. The summed E-state index contributed by atoms with van der Waals surface area (Å²) in [5.41, 5.74) is 1.47. The van der Waals surface area contributed by atoms with Gasteiger partial charge in [-0.25, -0.2) is 4.90 Å². The highest BCUT2D eigenvalue weighted by molar-refractivity contribution is 8.19. The lowest BCUT2D eigenvalue weighted by molar-refractivity contribution is -0.384. The molecule has 8 nitrogen and oxygen atoms in total. The lowest BCUT2D eigenvalue weighted by atomic mass is 10.1. The number of amides is 2. The second-order valence-corrected chi connectivity index (χ2v) is 9.08. The Balaban J connectivity index is 1.56. The molecule has 1 fully saturated rings. The number of nitrogens with zero attached hydrogens (tertiary/aromatic N) is 2. The van der Waals surface area contributed by atoms with Crippen LogP contribution in [0.15, 0.2) is 65.6 Å². The largest absolute Gasteiger partial charge is 0.493 e. The van der Waals surface area contributed by atoms with Crippen molar-refractivity contribution in [2.75, 3.05) is 12.0 Å². The molecule has 0 atom stereocenters. The molecule has 0 aliphatic carbocycles. The van der Waals surface area contributed by atoms with E-state index in [-0.39, 0.29) is 28.0 Å². The highest BCUT2D eigenvalue weighted by atomic mass is 35.5. The van der Waals surface area contributed by atoms with E-state index in [9.17, 15) is 19.7 Å². The minimum absolute atomic E-state index is 0.0249. The Morgan fingerprint density at radius 3 is 2.51 bits per heavy atom. The van der Waals surface area contributed by atoms with E-state index in [1.165, 1.54) is 19.2 Å². The van der Waals surface area contributed by atoms with Gasteiger partial charge in [-0.1, -0.05) is 35.3 Å². The standard InChI is InChI=1S/C24H16Cl2N2O6S/c1-33-20-11-15(10-19(26)22(20)34-13-14-3-2-4-18(9-14)28(31)32)12-21-23(29)27(24(30)35-21)17-7-5-16(25)6-8-17/h2-12H,13H2,1H3/b21-12+. The van der Waals surface area contributed by atoms with Crippen molar-refractivity contribution in [1.29, 1.82) is 0 Å². The Morgan fingerprint density at radius 2 is 1.83 bits per heavy atom. The third-order valence-electron chi connectivity index (χ3n) is 4.93. The van der Waals surface area contributed by atoms with Crippen molar-refractivity contribution in [3.8, 4) is 11.5 Å². The number of nitro benzene ring substituents is 1. The van der Waals surface area contributed by atoms with Gasteiger partial charge in [0.15, 0.2) is 11.5 Å². The molecule has 35 heavy (non-hydrogen) atoms. The van der Waals surface area contributed by atoms with E-state index >= 15 is 0 Å². The predicted octanol–water partition coefficient (Wildman–Crippen LogP) is 6.73. The maximum absolute atomic E-state index is 12.9. The van der Waals surface area contributed by atoms with Crippen LogP contribution in [-0.4, -0.2) is 23.2 Å². The third kappa shape index (κ3) is 5.43. The van der Waals surface area contributed by atoms with Crippen LogP contribution in [0.5, 0.6) is 11.5 Å². The molecule has 0 radical (unpaired) electrons. The normalized spacial score (nSPS) is 14.5. The number of thioether (sulfide) groups is 1. The summed E-state index contributed by atoms with van der Waals surface area (Å²) >= 11 is 13.1. The van der Waals surface area contributed by atoms with E-state index in [1.807, 2.05) is 0 Å². The van der Waals surface area contributed by atoms with Crippen LogP contribution in [0.2, 0.25) is 10.0 Å². The summed E-state index contributed by atoms with van der Waals surface area (Å²) in [5.74, 6) is 0.0709. The van der Waals surface area contributed by atoms with Gasteiger partial charge in [0.25, 0.3) is 16.8 Å². The van der Waals surface area contributed by atoms with Crippen LogP contribution in [0.3, 0.4) is 0 Å². The molecule has 11 heteroatoms. The molecule has 1 heterocycles. The van der Waals surface area contributed by atoms with Crippen LogP contribution < -0.4 is 14.4 Å². The van der Waals surface area contributed by atoms with Gasteiger partial charge in [0.2, 0.25) is 0 Å². The highest BCUT2D eigenvalue weighted by Crippen LogP contribution is 2.40. The summed E-state index contributed by atoms with van der Waals surface area (Å²) in [6.07, 6.45) is 1.54. The molecular weight excluding hydrogens is 515 g/mol. The van der Waals surface area contributed by atoms with Crippen LogP contribution >= 0.6 is 35.0 Å². The summed E-state index contributed by atoms with van der Waals surface area (Å²) < 4.78 is 11.2. The molecule has 178 valence electrons. The van der Waals surface area contributed by atoms with Gasteiger partial charge in [0.1, 0.15) is 6.61 Å². The maximum atomic E-state index is 12.9. The number of ether oxygens (including phenoxy) is 2. The fraction of sp³-hybridized carbons (Fsp3) is 0.0833. The van der Waals surface area contributed by atoms with Gasteiger partial charge in [0, 0.05) is 17.2 Å². The van der Waals surface area contributed by atoms with Crippen molar-refractivity contribution in [3.05, 3.63) is 96.9 Å². The Bertz CT molecular complexity index is 1360. The van der Waals surface area contributed by atoms with Gasteiger partial charge >= 0.3 is 0 Å². The van der Waals surface area contributed by atoms with Gasteiger partial charge in [-0.3, -0.25) is 19.7 Å². The summed E-state index contributed by atoms with van der Waals surface area (Å²) in [7, 11) is 1.43. The molecule has 1 saturated heterocycles. The monoisotopic (exact) mass is 530 g/mol. The fourth-order valence-electron chi connectivity index (χ4n) is 3.31. The molecule has 3 aromatic carbocycles. The molecule has 3 aromatic rings. The maximum Gasteiger partial charge on any atom is 0.298 e. The number of benzene rings is 3. The number of carbonyl (C=O) groups is 2. The van der Waals surface area contributed by atoms with E-state index in [0.29, 0.717) is 27.6 Å². The first-order valence-electron chi connectivity index (χ1n) is 10.0. The number of halogens is 2. The summed E-state index contributed by atoms with van der Waals surface area (Å²) in [6.45, 7) is 0.0249. The van der Waals surface area contributed by atoms with Crippen LogP contribution in [0, 0.1) is 10.1 Å². The van der Waals surface area contributed by atoms with Crippen molar-refractivity contribution in [2.24, 2.45) is 0 Å². The lowest BCUT2D eigenvalue weighted by Crippen LogP contribution is -2.27. The number of carbonyl (C=O) groups excluding carboxylic acids is 2. The molecule has 1 aliphatic rings. The van der Waals surface area contributed by atoms with E-state index in [2.05, 4.69) is 0 Å². The van der Waals surface area contributed by atoms with Crippen LogP contribution in [0.1, 0.15) is 11.1 Å². The first-order valence-corrected chi connectivity index (χ1v) is 11.6. The molecule has 2 amide bonds. The molecule has 0 unspecified atom stereocenters. The first-order chi connectivity index (χ1) is 16.8. The number of non-ortho nitro benzene ring substituents is 1. The van der Waals surface area contributed by atoms with Gasteiger partial charge < -0.3 is 9.47 Å². The Morgan fingerprint density at radius 1 is 1.09 bits per heavy atom. The number of imide groups is 1. The first kappa shape index (κ1) is 24.6. The van der Waals surface area contributed by atoms with Crippen molar-refractivity contribution in [2.45, 2.75) is 6.61 Å². The molecule has 0 saturated carbocycles. The fourth-order valence-corrected chi connectivity index (χ4v) is 4.55. The van der Waals surface area contributed by atoms with Gasteiger partial charge in [-0.2, -0.15) is 0 Å². The van der Waals surface area contributed by atoms with Crippen molar-refractivity contribution < 1.29 is 24.0 Å². The molecule has 4 rings (SSSR count). The minimum atomic E-state index is -0.486. The molecule has 1 aliphatic heterocycles. The zero-order valence-electron chi connectivity index (χ0n) is 18.1. The topological polar surface area (TPSA) is 99.0 Å². The lowest BCUT2D eigenvalue weighted by Gasteiger charge is -2.14. The summed E-state index contributed by atoms with van der Waals surface area (Å²) in [5, 5.41) is 11.2.